The first-order valence-corrected chi connectivity index (χ1v) is 12.8. The number of nitrogens with zero attached hydrogens (tertiary/aromatic N) is 2. The number of likely N-dealkylation sites (tertiary alicyclic amines) is 1. The fourth-order valence-corrected chi connectivity index (χ4v) is 6.12. The summed E-state index contributed by atoms with van der Waals surface area (Å²) >= 11 is 1.48. The van der Waals surface area contributed by atoms with Gasteiger partial charge < -0.3 is 16.0 Å². The van der Waals surface area contributed by atoms with Gasteiger partial charge in [0.25, 0.3) is 5.91 Å². The number of aryl methyl sites for hydroxylation is 1. The van der Waals surface area contributed by atoms with Crippen LogP contribution in [0.1, 0.15) is 57.6 Å². The van der Waals surface area contributed by atoms with Crippen molar-refractivity contribution in [2.75, 3.05) is 38.0 Å². The third-order valence-electron chi connectivity index (χ3n) is 6.48. The fraction of sp³-hybridized carbons (Fsp3) is 0.520. The average Bonchev–Trinajstić information content (AvgIpc) is 3.40. The average molecular weight is 470 g/mol. The van der Waals surface area contributed by atoms with Crippen LogP contribution in [-0.4, -0.2) is 54.5 Å². The quantitative estimate of drug-likeness (QED) is 0.488. The van der Waals surface area contributed by atoms with Gasteiger partial charge in [-0.1, -0.05) is 29.8 Å². The maximum Gasteiger partial charge on any atom is 0.319 e. The summed E-state index contributed by atoms with van der Waals surface area (Å²) in [5.74, 6) is -0.472. The number of anilines is 1. The lowest BCUT2D eigenvalue weighted by Crippen LogP contribution is -2.31. The van der Waals surface area contributed by atoms with Crippen LogP contribution >= 0.6 is 11.3 Å². The number of primary amides is 1. The minimum absolute atomic E-state index is 0.270. The molecular formula is C25H35N5O2S. The molecule has 1 fully saturated rings. The second-order valence-corrected chi connectivity index (χ2v) is 10.3. The zero-order chi connectivity index (χ0) is 23.2. The number of benzene rings is 1. The highest BCUT2D eigenvalue weighted by Crippen LogP contribution is 2.37. The summed E-state index contributed by atoms with van der Waals surface area (Å²) in [6, 6.07) is 8.28. The lowest BCUT2D eigenvalue weighted by molar-refractivity contribution is 0.0999. The molecular weight excluding hydrogens is 434 g/mol. The summed E-state index contributed by atoms with van der Waals surface area (Å²) in [5.41, 5.74) is 9.73. The van der Waals surface area contributed by atoms with Crippen LogP contribution < -0.4 is 16.4 Å². The van der Waals surface area contributed by atoms with E-state index in [2.05, 4.69) is 51.6 Å². The normalized spacial score (nSPS) is 16.5. The predicted octanol–water partition coefficient (Wildman–Crippen LogP) is 3.71. The number of hydrogen-bond acceptors (Lipinski definition) is 5. The second-order valence-electron chi connectivity index (χ2n) is 9.16. The van der Waals surface area contributed by atoms with Gasteiger partial charge in [0.15, 0.2) is 0 Å². The van der Waals surface area contributed by atoms with Crippen LogP contribution in [0.25, 0.3) is 0 Å². The van der Waals surface area contributed by atoms with Crippen LogP contribution in [0.15, 0.2) is 24.3 Å². The van der Waals surface area contributed by atoms with Gasteiger partial charge in [0.05, 0.1) is 5.56 Å². The topological polar surface area (TPSA) is 90.7 Å². The zero-order valence-electron chi connectivity index (χ0n) is 19.5. The molecule has 2 aliphatic rings. The summed E-state index contributed by atoms with van der Waals surface area (Å²) in [5, 5.41) is 6.39. The molecule has 33 heavy (non-hydrogen) atoms. The fourth-order valence-electron chi connectivity index (χ4n) is 4.82. The number of hydrogen-bond donors (Lipinski definition) is 3. The third kappa shape index (κ3) is 6.34. The number of urea groups is 1. The van der Waals surface area contributed by atoms with Crippen molar-refractivity contribution >= 4 is 28.3 Å². The van der Waals surface area contributed by atoms with Crippen LogP contribution in [0, 0.1) is 6.92 Å². The summed E-state index contributed by atoms with van der Waals surface area (Å²) in [6.45, 7) is 8.73. The molecule has 3 heterocycles. The van der Waals surface area contributed by atoms with Crippen molar-refractivity contribution in [3.8, 4) is 0 Å². The minimum Gasteiger partial charge on any atom is -0.365 e. The lowest BCUT2D eigenvalue weighted by Gasteiger charge is -2.27. The van der Waals surface area contributed by atoms with Gasteiger partial charge in [0.2, 0.25) is 0 Å². The number of nitrogens with two attached hydrogens (primary N) is 1. The number of thiophene rings is 1. The van der Waals surface area contributed by atoms with Crippen LogP contribution in [0.3, 0.4) is 0 Å². The molecule has 0 atom stereocenters. The van der Waals surface area contributed by atoms with Crippen LogP contribution in [-0.2, 0) is 19.5 Å². The molecule has 7 nitrogen and oxygen atoms in total. The SMILES string of the molecule is Cc1cccc(CN2CCc3c(sc(NC(=O)NCCCCN4CCCC4)c3C(N)=O)C2)c1. The summed E-state index contributed by atoms with van der Waals surface area (Å²) < 4.78 is 0. The maximum atomic E-state index is 12.5. The molecule has 0 aliphatic carbocycles. The van der Waals surface area contributed by atoms with E-state index < -0.39 is 5.91 Å². The molecule has 0 spiro atoms. The van der Waals surface area contributed by atoms with E-state index in [1.807, 2.05) is 0 Å². The molecule has 8 heteroatoms. The first-order chi connectivity index (χ1) is 16.0. The number of nitrogens with one attached hydrogen (secondary N) is 2. The highest BCUT2D eigenvalue weighted by Gasteiger charge is 2.27. The van der Waals surface area contributed by atoms with E-state index in [0.29, 0.717) is 17.1 Å². The molecule has 1 saturated heterocycles. The van der Waals surface area contributed by atoms with Crippen molar-refractivity contribution in [3.05, 3.63) is 51.4 Å². The molecule has 1 aromatic carbocycles. The van der Waals surface area contributed by atoms with Gasteiger partial charge in [0.1, 0.15) is 5.00 Å². The highest BCUT2D eigenvalue weighted by atomic mass is 32.1. The Balaban J connectivity index is 1.31. The van der Waals surface area contributed by atoms with Crippen molar-refractivity contribution in [2.45, 2.75) is 52.1 Å². The minimum atomic E-state index is -0.472. The van der Waals surface area contributed by atoms with E-state index in [4.69, 9.17) is 5.73 Å². The van der Waals surface area contributed by atoms with Gasteiger partial charge in [-0.15, -0.1) is 11.3 Å². The Hall–Kier alpha value is -2.42. The third-order valence-corrected chi connectivity index (χ3v) is 7.62. The van der Waals surface area contributed by atoms with Crippen molar-refractivity contribution in [1.82, 2.24) is 15.1 Å². The predicted molar refractivity (Wildman–Crippen MR) is 134 cm³/mol. The van der Waals surface area contributed by atoms with E-state index in [1.54, 1.807) is 0 Å². The molecule has 2 aromatic rings. The molecule has 1 aromatic heterocycles. The Morgan fingerprint density at radius 1 is 1.12 bits per heavy atom. The Morgan fingerprint density at radius 2 is 1.94 bits per heavy atom. The van der Waals surface area contributed by atoms with Crippen LogP contribution in [0.5, 0.6) is 0 Å². The van der Waals surface area contributed by atoms with E-state index in [-0.39, 0.29) is 6.03 Å². The lowest BCUT2D eigenvalue weighted by atomic mass is 10.0. The molecule has 0 saturated carbocycles. The maximum absolute atomic E-state index is 12.5. The van der Waals surface area contributed by atoms with Gasteiger partial charge >= 0.3 is 6.03 Å². The molecule has 0 unspecified atom stereocenters. The number of amides is 3. The molecule has 2 aliphatic heterocycles. The number of carbonyl (C=O) groups is 2. The molecule has 4 rings (SSSR count). The molecule has 178 valence electrons. The number of unbranched alkanes of at least 4 members (excludes halogenated alkanes) is 1. The number of fused-ring (bicyclic) bond motifs is 1. The number of rotatable bonds is 9. The Morgan fingerprint density at radius 3 is 2.70 bits per heavy atom. The standard InChI is InChI=1S/C25H35N5O2S/c1-18-7-6-8-19(15-18)16-30-14-9-20-21(17-30)33-24(22(20)23(26)31)28-25(32)27-10-2-3-11-29-12-4-5-13-29/h6-8,15H,2-5,9-14,16-17H2,1H3,(H2,26,31)(H2,27,28,32). The summed E-state index contributed by atoms with van der Waals surface area (Å²) in [6.07, 6.45) is 5.39. The smallest absolute Gasteiger partial charge is 0.319 e. The van der Waals surface area contributed by atoms with E-state index in [1.165, 1.54) is 48.4 Å². The van der Waals surface area contributed by atoms with Crippen molar-refractivity contribution < 1.29 is 9.59 Å². The van der Waals surface area contributed by atoms with Gasteiger partial charge in [0, 0.05) is 31.1 Å². The van der Waals surface area contributed by atoms with Crippen molar-refractivity contribution in [2.24, 2.45) is 5.73 Å². The van der Waals surface area contributed by atoms with Crippen molar-refractivity contribution in [1.29, 1.82) is 0 Å². The van der Waals surface area contributed by atoms with Crippen LogP contribution in [0.2, 0.25) is 0 Å². The van der Waals surface area contributed by atoms with Gasteiger partial charge in [-0.3, -0.25) is 15.0 Å². The van der Waals surface area contributed by atoms with Gasteiger partial charge in [-0.2, -0.15) is 0 Å². The largest absolute Gasteiger partial charge is 0.365 e. The zero-order valence-corrected chi connectivity index (χ0v) is 20.3. The highest BCUT2D eigenvalue weighted by molar-refractivity contribution is 7.17. The van der Waals surface area contributed by atoms with E-state index in [0.717, 1.165) is 55.9 Å². The molecule has 4 N–H and O–H groups in total. The monoisotopic (exact) mass is 469 g/mol. The van der Waals surface area contributed by atoms with Gasteiger partial charge in [-0.05, 0) is 69.8 Å². The molecule has 0 radical (unpaired) electrons. The first-order valence-electron chi connectivity index (χ1n) is 12.0. The summed E-state index contributed by atoms with van der Waals surface area (Å²) in [7, 11) is 0. The van der Waals surface area contributed by atoms with E-state index >= 15 is 0 Å². The molecule has 0 bridgehead atoms. The second kappa shape index (κ2) is 11.1. The Bertz CT molecular complexity index is 983. The van der Waals surface area contributed by atoms with Crippen molar-refractivity contribution in [3.63, 3.8) is 0 Å². The van der Waals surface area contributed by atoms with Gasteiger partial charge in [-0.25, -0.2) is 4.79 Å². The summed E-state index contributed by atoms with van der Waals surface area (Å²) in [4.78, 5) is 30.7. The number of carbonyl (C=O) groups excluding carboxylic acids is 2. The Kier molecular flexibility index (Phi) is 8.01. The Labute approximate surface area is 200 Å². The molecule has 3 amide bonds. The first kappa shape index (κ1) is 23.7. The van der Waals surface area contributed by atoms with Crippen LogP contribution in [0.4, 0.5) is 9.80 Å². The van der Waals surface area contributed by atoms with E-state index in [9.17, 15) is 9.59 Å².